The van der Waals surface area contributed by atoms with Crippen LogP contribution in [0.3, 0.4) is 0 Å². The highest BCUT2D eigenvalue weighted by atomic mass is 19.1. The second kappa shape index (κ2) is 5.68. The topological polar surface area (TPSA) is 55.1 Å². The third-order valence-electron chi connectivity index (χ3n) is 3.66. The van der Waals surface area contributed by atoms with E-state index in [1.807, 2.05) is 31.2 Å². The molecular formula is C18H15FN2O2. The highest BCUT2D eigenvalue weighted by Gasteiger charge is 2.16. The average Bonchev–Trinajstić information content (AvgIpc) is 2.96. The van der Waals surface area contributed by atoms with Crippen LogP contribution in [0.1, 0.15) is 21.6 Å². The molecule has 1 aromatic heterocycles. The zero-order valence-corrected chi connectivity index (χ0v) is 12.7. The van der Waals surface area contributed by atoms with E-state index in [1.165, 1.54) is 12.1 Å². The number of hydrogen-bond acceptors (Lipinski definition) is 2. The van der Waals surface area contributed by atoms with E-state index >= 15 is 0 Å². The van der Waals surface area contributed by atoms with Gasteiger partial charge in [0.25, 0.3) is 0 Å². The maximum absolute atomic E-state index is 13.5. The van der Waals surface area contributed by atoms with Crippen LogP contribution >= 0.6 is 0 Å². The molecule has 0 atom stereocenters. The van der Waals surface area contributed by atoms with Crippen molar-refractivity contribution in [2.24, 2.45) is 0 Å². The summed E-state index contributed by atoms with van der Waals surface area (Å²) < 4.78 is 15.1. The molecule has 0 aliphatic rings. The zero-order valence-electron chi connectivity index (χ0n) is 12.7. The van der Waals surface area contributed by atoms with E-state index in [9.17, 15) is 14.3 Å². The first kappa shape index (κ1) is 15.0. The first-order valence-electron chi connectivity index (χ1n) is 7.12. The molecule has 0 aliphatic heterocycles. The highest BCUT2D eigenvalue weighted by Crippen LogP contribution is 2.26. The van der Waals surface area contributed by atoms with Gasteiger partial charge in [-0.2, -0.15) is 5.10 Å². The molecule has 3 aromatic rings. The van der Waals surface area contributed by atoms with Gasteiger partial charge < -0.3 is 5.11 Å². The second-order valence-electron chi connectivity index (χ2n) is 5.43. The number of carbonyl (C=O) groups is 1. The van der Waals surface area contributed by atoms with Gasteiger partial charge >= 0.3 is 5.97 Å². The van der Waals surface area contributed by atoms with Crippen LogP contribution in [0.4, 0.5) is 4.39 Å². The summed E-state index contributed by atoms with van der Waals surface area (Å²) >= 11 is 0. The Morgan fingerprint density at radius 2 is 1.78 bits per heavy atom. The van der Waals surface area contributed by atoms with Crippen LogP contribution in [0.2, 0.25) is 0 Å². The number of aromatic nitrogens is 2. The Bertz CT molecular complexity index is 883. The maximum atomic E-state index is 13.5. The lowest BCUT2D eigenvalue weighted by molar-refractivity contribution is 0.0690. The lowest BCUT2D eigenvalue weighted by Gasteiger charge is -2.09. The summed E-state index contributed by atoms with van der Waals surface area (Å²) in [5, 5.41) is 13.4. The molecule has 0 radical (unpaired) electrons. The van der Waals surface area contributed by atoms with Gasteiger partial charge in [0.05, 0.1) is 11.4 Å². The summed E-state index contributed by atoms with van der Waals surface area (Å²) in [6.07, 6.45) is 0. The van der Waals surface area contributed by atoms with E-state index in [4.69, 9.17) is 0 Å². The normalized spacial score (nSPS) is 10.7. The molecule has 0 bridgehead atoms. The number of halogens is 1. The summed E-state index contributed by atoms with van der Waals surface area (Å²) in [7, 11) is 0. The fraction of sp³-hybridized carbons (Fsp3) is 0.111. The monoisotopic (exact) mass is 310 g/mol. The standard InChI is InChI=1S/C18H15FN2O2/c1-11-3-6-14(7-4-11)21-17(10-16(20-21)18(22)23)13-5-8-15(19)12(2)9-13/h3-10H,1-2H3,(H,22,23). The molecule has 0 fully saturated rings. The molecule has 5 heteroatoms. The van der Waals surface area contributed by atoms with Crippen LogP contribution in [-0.2, 0) is 0 Å². The lowest BCUT2D eigenvalue weighted by Crippen LogP contribution is -2.02. The van der Waals surface area contributed by atoms with Gasteiger partial charge in [0.2, 0.25) is 0 Å². The Morgan fingerprint density at radius 3 is 2.39 bits per heavy atom. The van der Waals surface area contributed by atoms with E-state index < -0.39 is 5.97 Å². The molecule has 3 rings (SSSR count). The van der Waals surface area contributed by atoms with Crippen molar-refractivity contribution in [3.63, 3.8) is 0 Å². The predicted octanol–water partition coefficient (Wildman–Crippen LogP) is 3.99. The Labute approximate surface area is 132 Å². The second-order valence-corrected chi connectivity index (χ2v) is 5.43. The van der Waals surface area contributed by atoms with Crippen molar-refractivity contribution < 1.29 is 14.3 Å². The van der Waals surface area contributed by atoms with Crippen LogP contribution in [0, 0.1) is 19.7 Å². The summed E-state index contributed by atoms with van der Waals surface area (Å²) in [5.41, 5.74) is 3.61. The van der Waals surface area contributed by atoms with Crippen LogP contribution in [0.15, 0.2) is 48.5 Å². The fourth-order valence-electron chi connectivity index (χ4n) is 2.38. The van der Waals surface area contributed by atoms with Crippen molar-refractivity contribution in [2.45, 2.75) is 13.8 Å². The van der Waals surface area contributed by atoms with E-state index in [2.05, 4.69) is 5.10 Å². The highest BCUT2D eigenvalue weighted by molar-refractivity contribution is 5.87. The molecule has 0 saturated heterocycles. The van der Waals surface area contributed by atoms with Gasteiger partial charge in [0.15, 0.2) is 5.69 Å². The first-order chi connectivity index (χ1) is 11.0. The van der Waals surface area contributed by atoms with Crippen LogP contribution in [-0.4, -0.2) is 20.9 Å². The molecule has 0 saturated carbocycles. The Morgan fingerprint density at radius 1 is 1.09 bits per heavy atom. The van der Waals surface area contributed by atoms with Crippen LogP contribution in [0.5, 0.6) is 0 Å². The Balaban J connectivity index is 2.20. The molecule has 2 aromatic carbocycles. The molecule has 0 amide bonds. The fourth-order valence-corrected chi connectivity index (χ4v) is 2.38. The number of benzene rings is 2. The van der Waals surface area contributed by atoms with Crippen molar-refractivity contribution in [3.8, 4) is 16.9 Å². The summed E-state index contributed by atoms with van der Waals surface area (Å²) in [6, 6.07) is 13.8. The van der Waals surface area contributed by atoms with Crippen LogP contribution in [0.25, 0.3) is 16.9 Å². The van der Waals surface area contributed by atoms with E-state index in [1.54, 1.807) is 23.7 Å². The van der Waals surface area contributed by atoms with Gasteiger partial charge in [-0.1, -0.05) is 17.7 Å². The van der Waals surface area contributed by atoms with Gasteiger partial charge in [0, 0.05) is 5.56 Å². The predicted molar refractivity (Wildman–Crippen MR) is 85.4 cm³/mol. The third-order valence-corrected chi connectivity index (χ3v) is 3.66. The minimum atomic E-state index is -1.10. The zero-order chi connectivity index (χ0) is 16.6. The molecule has 23 heavy (non-hydrogen) atoms. The largest absolute Gasteiger partial charge is 0.476 e. The number of rotatable bonds is 3. The van der Waals surface area contributed by atoms with Crippen molar-refractivity contribution in [1.29, 1.82) is 0 Å². The number of hydrogen-bond donors (Lipinski definition) is 1. The SMILES string of the molecule is Cc1ccc(-n2nc(C(=O)O)cc2-c2ccc(F)c(C)c2)cc1. The third kappa shape index (κ3) is 2.85. The molecule has 0 aliphatic carbocycles. The minimum absolute atomic E-state index is 0.0532. The van der Waals surface area contributed by atoms with E-state index in [0.717, 1.165) is 11.3 Å². The molecular weight excluding hydrogens is 295 g/mol. The van der Waals surface area contributed by atoms with Crippen molar-refractivity contribution >= 4 is 5.97 Å². The minimum Gasteiger partial charge on any atom is -0.476 e. The first-order valence-corrected chi connectivity index (χ1v) is 7.12. The van der Waals surface area contributed by atoms with Crippen molar-refractivity contribution in [2.75, 3.05) is 0 Å². The summed E-state index contributed by atoms with van der Waals surface area (Å²) in [5.74, 6) is -1.40. The smallest absolute Gasteiger partial charge is 0.356 e. The number of carboxylic acid groups (broad SMARTS) is 1. The van der Waals surface area contributed by atoms with Gasteiger partial charge in [0.1, 0.15) is 5.82 Å². The Kier molecular flexibility index (Phi) is 3.70. The number of nitrogens with zero attached hydrogens (tertiary/aromatic N) is 2. The van der Waals surface area contributed by atoms with Gasteiger partial charge in [-0.15, -0.1) is 0 Å². The number of aryl methyl sites for hydroxylation is 2. The lowest BCUT2D eigenvalue weighted by atomic mass is 10.1. The summed E-state index contributed by atoms with van der Waals surface area (Å²) in [4.78, 5) is 11.3. The molecule has 1 N–H and O–H groups in total. The quantitative estimate of drug-likeness (QED) is 0.795. The van der Waals surface area contributed by atoms with Gasteiger partial charge in [-0.25, -0.2) is 13.9 Å². The van der Waals surface area contributed by atoms with Crippen molar-refractivity contribution in [3.05, 3.63) is 71.2 Å². The van der Waals surface area contributed by atoms with Crippen molar-refractivity contribution in [1.82, 2.24) is 9.78 Å². The summed E-state index contributed by atoms with van der Waals surface area (Å²) in [6.45, 7) is 3.64. The molecule has 0 spiro atoms. The van der Waals surface area contributed by atoms with E-state index in [0.29, 0.717) is 16.8 Å². The molecule has 4 nitrogen and oxygen atoms in total. The Hall–Kier alpha value is -2.95. The maximum Gasteiger partial charge on any atom is 0.356 e. The average molecular weight is 310 g/mol. The van der Waals surface area contributed by atoms with E-state index in [-0.39, 0.29) is 11.5 Å². The van der Waals surface area contributed by atoms with Gasteiger partial charge in [-0.3, -0.25) is 0 Å². The van der Waals surface area contributed by atoms with Gasteiger partial charge in [-0.05, 0) is 55.8 Å². The number of carboxylic acids is 1. The molecule has 1 heterocycles. The molecule has 0 unspecified atom stereocenters. The number of aromatic carboxylic acids is 1. The van der Waals surface area contributed by atoms with Crippen LogP contribution < -0.4 is 0 Å². The molecule has 116 valence electrons.